The smallest absolute Gasteiger partial charge is 0.260 e. The topological polar surface area (TPSA) is 64.9 Å². The van der Waals surface area contributed by atoms with Crippen LogP contribution in [0.15, 0.2) is 43.1 Å². The molecule has 4 nitrogen and oxygen atoms in total. The third kappa shape index (κ3) is 2.58. The van der Waals surface area contributed by atoms with Gasteiger partial charge in [0.05, 0.1) is 14.2 Å². The van der Waals surface area contributed by atoms with Gasteiger partial charge in [0, 0.05) is 10.2 Å². The van der Waals surface area contributed by atoms with Crippen LogP contribution in [0.4, 0.5) is 5.69 Å². The van der Waals surface area contributed by atoms with Gasteiger partial charge in [-0.15, -0.1) is 11.3 Å². The van der Waals surface area contributed by atoms with Gasteiger partial charge < -0.3 is 10.3 Å². The summed E-state index contributed by atoms with van der Waals surface area (Å²) in [5, 5.41) is 3.98. The number of benzene rings is 1. The monoisotopic (exact) mass is 399 g/mol. The molecule has 1 aromatic carbocycles. The Balaban J connectivity index is 2.03. The summed E-state index contributed by atoms with van der Waals surface area (Å²) in [6.45, 7) is 0. The van der Waals surface area contributed by atoms with Gasteiger partial charge in [0.2, 0.25) is 5.82 Å². The van der Waals surface area contributed by atoms with Gasteiger partial charge in [0.1, 0.15) is 0 Å². The van der Waals surface area contributed by atoms with Crippen molar-refractivity contribution in [3.8, 4) is 22.2 Å². The lowest BCUT2D eigenvalue weighted by Crippen LogP contribution is -1.89. The second-order valence-corrected chi connectivity index (χ2v) is 7.14. The van der Waals surface area contributed by atoms with Crippen LogP contribution in [-0.4, -0.2) is 10.1 Å². The maximum absolute atomic E-state index is 5.92. The summed E-state index contributed by atoms with van der Waals surface area (Å²) in [6, 6.07) is 9.41. The molecule has 2 N–H and O–H groups in total. The minimum atomic E-state index is 0.415. The Hall–Kier alpha value is -1.18. The summed E-state index contributed by atoms with van der Waals surface area (Å²) in [4.78, 5) is 5.32. The summed E-state index contributed by atoms with van der Waals surface area (Å²) in [5.41, 5.74) is 7.25. The molecule has 0 fully saturated rings. The molecule has 2 aromatic heterocycles. The van der Waals surface area contributed by atoms with Gasteiger partial charge in [-0.2, -0.15) is 4.98 Å². The lowest BCUT2D eigenvalue weighted by molar-refractivity contribution is 0.432. The fourth-order valence-corrected chi connectivity index (χ4v) is 3.25. The number of thiophene rings is 1. The van der Waals surface area contributed by atoms with E-state index in [0.29, 0.717) is 17.4 Å². The van der Waals surface area contributed by atoms with E-state index in [-0.39, 0.29) is 0 Å². The number of anilines is 1. The lowest BCUT2D eigenvalue weighted by atomic mass is 10.2. The molecular weight excluding hydrogens is 394 g/mol. The van der Waals surface area contributed by atoms with E-state index in [1.54, 1.807) is 17.4 Å². The van der Waals surface area contributed by atoms with E-state index in [2.05, 4.69) is 42.0 Å². The van der Waals surface area contributed by atoms with E-state index in [1.165, 1.54) is 0 Å². The summed E-state index contributed by atoms with van der Waals surface area (Å²) >= 11 is 8.36. The number of nitrogens with zero attached hydrogens (tertiary/aromatic N) is 2. The van der Waals surface area contributed by atoms with Gasteiger partial charge in [-0.1, -0.05) is 21.1 Å². The van der Waals surface area contributed by atoms with Crippen molar-refractivity contribution in [2.75, 3.05) is 5.73 Å². The number of rotatable bonds is 2. The number of hydrogen-bond donors (Lipinski definition) is 1. The third-order valence-corrected chi connectivity index (χ3v) is 4.58. The van der Waals surface area contributed by atoms with Crippen LogP contribution < -0.4 is 5.73 Å². The molecule has 0 atom stereocenters. The first kappa shape index (κ1) is 12.8. The molecule has 0 saturated heterocycles. The molecule has 0 aliphatic rings. The Morgan fingerprint density at radius 3 is 2.74 bits per heavy atom. The van der Waals surface area contributed by atoms with Gasteiger partial charge in [-0.25, -0.2) is 0 Å². The fourth-order valence-electron chi connectivity index (χ4n) is 1.58. The van der Waals surface area contributed by atoms with Crippen molar-refractivity contribution in [1.29, 1.82) is 0 Å². The second-order valence-electron chi connectivity index (χ2n) is 3.76. The third-order valence-electron chi connectivity index (χ3n) is 2.47. The van der Waals surface area contributed by atoms with Crippen molar-refractivity contribution in [2.45, 2.75) is 0 Å². The van der Waals surface area contributed by atoms with Gasteiger partial charge in [-0.05, 0) is 46.3 Å². The molecule has 96 valence electrons. The van der Waals surface area contributed by atoms with Gasteiger partial charge in [-0.3, -0.25) is 0 Å². The quantitative estimate of drug-likeness (QED) is 0.639. The maximum Gasteiger partial charge on any atom is 0.260 e. The lowest BCUT2D eigenvalue weighted by Gasteiger charge is -2.00. The van der Waals surface area contributed by atoms with Gasteiger partial charge >= 0.3 is 0 Å². The Kier molecular flexibility index (Phi) is 3.42. The minimum absolute atomic E-state index is 0.415. The Morgan fingerprint density at radius 2 is 2.00 bits per heavy atom. The zero-order valence-corrected chi connectivity index (χ0v) is 13.4. The molecule has 0 radical (unpaired) electrons. The van der Waals surface area contributed by atoms with Crippen LogP contribution in [0, 0.1) is 0 Å². The standard InChI is InChI=1S/C12H7Br2N3OS/c13-6-1-2-8(15)7(5-6)12-16-11(17-18-12)9-3-4-10(14)19-9/h1-5H,15H2. The number of nitrogen functional groups attached to an aromatic ring is 1. The van der Waals surface area contributed by atoms with E-state index in [1.807, 2.05) is 24.3 Å². The van der Waals surface area contributed by atoms with Crippen molar-refractivity contribution in [3.63, 3.8) is 0 Å². The zero-order valence-electron chi connectivity index (χ0n) is 9.43. The van der Waals surface area contributed by atoms with Gasteiger partial charge in [0.15, 0.2) is 0 Å². The van der Waals surface area contributed by atoms with Gasteiger partial charge in [0.25, 0.3) is 5.89 Å². The van der Waals surface area contributed by atoms with E-state index in [0.717, 1.165) is 18.7 Å². The summed E-state index contributed by atoms with van der Waals surface area (Å²) in [6.07, 6.45) is 0. The molecule has 2 heterocycles. The van der Waals surface area contributed by atoms with E-state index < -0.39 is 0 Å². The maximum atomic E-state index is 5.92. The van der Waals surface area contributed by atoms with Crippen molar-refractivity contribution in [3.05, 3.63) is 38.6 Å². The average molecular weight is 401 g/mol. The normalized spacial score (nSPS) is 10.8. The van der Waals surface area contributed by atoms with Crippen molar-refractivity contribution < 1.29 is 4.52 Å². The molecule has 0 amide bonds. The summed E-state index contributed by atoms with van der Waals surface area (Å²) < 4.78 is 7.22. The zero-order chi connectivity index (χ0) is 13.4. The SMILES string of the molecule is Nc1ccc(Br)cc1-c1nc(-c2ccc(Br)s2)no1. The fraction of sp³-hybridized carbons (Fsp3) is 0. The highest BCUT2D eigenvalue weighted by Gasteiger charge is 2.14. The number of nitrogens with two attached hydrogens (primary N) is 1. The van der Waals surface area contributed by atoms with Crippen molar-refractivity contribution in [2.24, 2.45) is 0 Å². The molecule has 7 heteroatoms. The van der Waals surface area contributed by atoms with Crippen LogP contribution in [0.1, 0.15) is 0 Å². The molecular formula is C12H7Br2N3OS. The molecule has 0 aliphatic heterocycles. The van der Waals surface area contributed by atoms with Crippen LogP contribution >= 0.6 is 43.2 Å². The van der Waals surface area contributed by atoms with E-state index in [4.69, 9.17) is 10.3 Å². The predicted octanol–water partition coefficient (Wildman–Crippen LogP) is 4.57. The molecule has 0 aliphatic carbocycles. The Morgan fingerprint density at radius 1 is 1.16 bits per heavy atom. The van der Waals surface area contributed by atoms with Crippen LogP contribution in [0.2, 0.25) is 0 Å². The highest BCUT2D eigenvalue weighted by Crippen LogP contribution is 2.32. The first-order chi connectivity index (χ1) is 9.13. The molecule has 0 spiro atoms. The van der Waals surface area contributed by atoms with Crippen LogP contribution in [0.25, 0.3) is 22.2 Å². The summed E-state index contributed by atoms with van der Waals surface area (Å²) in [7, 11) is 0. The molecule has 0 unspecified atom stereocenters. The minimum Gasteiger partial charge on any atom is -0.398 e. The predicted molar refractivity (Wildman–Crippen MR) is 82.9 cm³/mol. The molecule has 3 rings (SSSR count). The molecule has 0 bridgehead atoms. The van der Waals surface area contributed by atoms with Crippen molar-refractivity contribution in [1.82, 2.24) is 10.1 Å². The van der Waals surface area contributed by atoms with Crippen molar-refractivity contribution >= 4 is 48.9 Å². The first-order valence-electron chi connectivity index (χ1n) is 5.28. The largest absolute Gasteiger partial charge is 0.398 e. The molecule has 19 heavy (non-hydrogen) atoms. The summed E-state index contributed by atoms with van der Waals surface area (Å²) in [5.74, 6) is 0.975. The molecule has 3 aromatic rings. The van der Waals surface area contributed by atoms with E-state index in [9.17, 15) is 0 Å². The van der Waals surface area contributed by atoms with Crippen LogP contribution in [-0.2, 0) is 0 Å². The average Bonchev–Trinajstić information content (AvgIpc) is 3.00. The van der Waals surface area contributed by atoms with Crippen LogP contribution in [0.5, 0.6) is 0 Å². The number of hydrogen-bond acceptors (Lipinski definition) is 5. The first-order valence-corrected chi connectivity index (χ1v) is 7.68. The highest BCUT2D eigenvalue weighted by atomic mass is 79.9. The van der Waals surface area contributed by atoms with Crippen LogP contribution in [0.3, 0.4) is 0 Å². The second kappa shape index (κ2) is 5.07. The Bertz CT molecular complexity index is 738. The molecule has 0 saturated carbocycles. The number of aromatic nitrogens is 2. The highest BCUT2D eigenvalue weighted by molar-refractivity contribution is 9.11. The van der Waals surface area contributed by atoms with E-state index >= 15 is 0 Å². The number of halogens is 2. The Labute approximate surface area is 129 Å².